The number of amides is 1. The zero-order valence-corrected chi connectivity index (χ0v) is 16.1. The van der Waals surface area contributed by atoms with Crippen LogP contribution in [0.15, 0.2) is 24.3 Å². The maximum absolute atomic E-state index is 13.4. The van der Waals surface area contributed by atoms with Gasteiger partial charge in [-0.1, -0.05) is 36.7 Å². The van der Waals surface area contributed by atoms with Crippen LogP contribution in [0.4, 0.5) is 0 Å². The number of carbonyl (C=O) groups is 2. The van der Waals surface area contributed by atoms with Crippen molar-refractivity contribution in [2.75, 3.05) is 19.6 Å². The maximum atomic E-state index is 13.4. The van der Waals surface area contributed by atoms with Crippen molar-refractivity contribution in [3.63, 3.8) is 0 Å². The van der Waals surface area contributed by atoms with E-state index in [-0.39, 0.29) is 17.7 Å². The number of aryl methyl sites for hydroxylation is 1. The van der Waals surface area contributed by atoms with Crippen molar-refractivity contribution in [1.82, 2.24) is 15.2 Å². The monoisotopic (exact) mass is 373 g/mol. The number of halogens is 1. The van der Waals surface area contributed by atoms with Gasteiger partial charge in [-0.25, -0.2) is 0 Å². The van der Waals surface area contributed by atoms with Crippen LogP contribution in [0.5, 0.6) is 0 Å². The maximum Gasteiger partial charge on any atom is 0.271 e. The van der Waals surface area contributed by atoms with E-state index in [0.717, 1.165) is 23.4 Å². The average Bonchev–Trinajstić information content (AvgIpc) is 2.98. The van der Waals surface area contributed by atoms with Gasteiger partial charge in [-0.05, 0) is 37.5 Å². The summed E-state index contributed by atoms with van der Waals surface area (Å²) in [6.07, 6.45) is 0.628. The van der Waals surface area contributed by atoms with E-state index in [1.165, 1.54) is 0 Å². The van der Waals surface area contributed by atoms with E-state index in [0.29, 0.717) is 35.8 Å². The van der Waals surface area contributed by atoms with Crippen LogP contribution in [-0.4, -0.2) is 41.2 Å². The second-order valence-electron chi connectivity index (χ2n) is 6.63. The summed E-state index contributed by atoms with van der Waals surface area (Å²) in [5, 5.41) is 4.00. The number of nitrogens with zero attached hydrogens (tertiary/aromatic N) is 1. The molecular weight excluding hydrogens is 350 g/mol. The summed E-state index contributed by atoms with van der Waals surface area (Å²) in [5.41, 5.74) is 3.65. The van der Waals surface area contributed by atoms with E-state index >= 15 is 0 Å². The highest BCUT2D eigenvalue weighted by Crippen LogP contribution is 2.31. The summed E-state index contributed by atoms with van der Waals surface area (Å²) >= 11 is 6.38. The fraction of sp³-hybridized carbons (Fsp3) is 0.400. The molecule has 2 N–H and O–H groups in total. The summed E-state index contributed by atoms with van der Waals surface area (Å²) < 4.78 is 0. The molecule has 138 valence electrons. The Bertz CT molecular complexity index is 844. The lowest BCUT2D eigenvalue weighted by Gasteiger charge is -2.37. The van der Waals surface area contributed by atoms with Crippen LogP contribution in [0.1, 0.15) is 57.6 Å². The molecule has 0 aliphatic carbocycles. The van der Waals surface area contributed by atoms with Crippen LogP contribution >= 0.6 is 11.6 Å². The van der Waals surface area contributed by atoms with Crippen LogP contribution in [0, 0.1) is 6.92 Å². The van der Waals surface area contributed by atoms with E-state index in [1.807, 2.05) is 43.0 Å². The summed E-state index contributed by atoms with van der Waals surface area (Å²) in [5.74, 6) is -0.0958. The van der Waals surface area contributed by atoms with Gasteiger partial charge in [-0.2, -0.15) is 0 Å². The van der Waals surface area contributed by atoms with E-state index in [2.05, 4.69) is 10.3 Å². The molecule has 1 saturated heterocycles. The third kappa shape index (κ3) is 3.29. The van der Waals surface area contributed by atoms with Gasteiger partial charge >= 0.3 is 0 Å². The van der Waals surface area contributed by atoms with E-state index in [9.17, 15) is 9.59 Å². The number of hydrogen-bond acceptors (Lipinski definition) is 3. The second kappa shape index (κ2) is 7.64. The summed E-state index contributed by atoms with van der Waals surface area (Å²) in [4.78, 5) is 30.4. The van der Waals surface area contributed by atoms with Crippen LogP contribution in [0.3, 0.4) is 0 Å². The lowest BCUT2D eigenvalue weighted by molar-refractivity contribution is 0.0628. The smallest absolute Gasteiger partial charge is 0.271 e. The van der Waals surface area contributed by atoms with Gasteiger partial charge in [0, 0.05) is 35.9 Å². The second-order valence-corrected chi connectivity index (χ2v) is 7.04. The zero-order valence-electron chi connectivity index (χ0n) is 15.4. The molecule has 2 heterocycles. The van der Waals surface area contributed by atoms with Gasteiger partial charge in [0.25, 0.3) is 5.91 Å². The molecule has 0 saturated carbocycles. The number of ketones is 1. The lowest BCUT2D eigenvalue weighted by Crippen LogP contribution is -2.49. The third-order valence-electron chi connectivity index (χ3n) is 4.98. The van der Waals surface area contributed by atoms with Crippen LogP contribution in [-0.2, 0) is 6.42 Å². The van der Waals surface area contributed by atoms with Gasteiger partial charge in [-0.15, -0.1) is 0 Å². The highest BCUT2D eigenvalue weighted by atomic mass is 35.5. The minimum atomic E-state index is -0.140. The number of rotatable bonds is 4. The molecule has 1 aliphatic rings. The van der Waals surface area contributed by atoms with Crippen LogP contribution < -0.4 is 5.32 Å². The van der Waals surface area contributed by atoms with Gasteiger partial charge in [0.05, 0.1) is 6.04 Å². The number of nitrogens with one attached hydrogen (secondary N) is 2. The Morgan fingerprint density at radius 2 is 2.04 bits per heavy atom. The molecule has 1 amide bonds. The molecule has 0 radical (unpaired) electrons. The minimum absolute atomic E-state index is 0.0161. The van der Waals surface area contributed by atoms with E-state index < -0.39 is 0 Å². The molecule has 2 aromatic rings. The summed E-state index contributed by atoms with van der Waals surface area (Å²) in [6.45, 7) is 7.32. The Morgan fingerprint density at radius 1 is 1.31 bits per heavy atom. The van der Waals surface area contributed by atoms with Crippen molar-refractivity contribution in [2.45, 2.75) is 33.2 Å². The van der Waals surface area contributed by atoms with Gasteiger partial charge < -0.3 is 15.2 Å². The van der Waals surface area contributed by atoms with E-state index in [4.69, 9.17) is 11.6 Å². The van der Waals surface area contributed by atoms with Crippen molar-refractivity contribution >= 4 is 23.3 Å². The first kappa shape index (κ1) is 18.7. The Hall–Kier alpha value is -2.11. The van der Waals surface area contributed by atoms with Crippen molar-refractivity contribution < 1.29 is 9.59 Å². The molecule has 5 nitrogen and oxygen atoms in total. The standard InChI is InChI=1S/C20H24ClN3O2/c1-4-14-18(13(3)25)12(2)23-19(14)20(26)24-10-9-22-11-17(24)15-7-5-6-8-16(15)21/h5-8,17,22-23H,4,9-11H2,1-3H3. The number of carbonyl (C=O) groups excluding carboxylic acids is 2. The molecule has 26 heavy (non-hydrogen) atoms. The lowest BCUT2D eigenvalue weighted by atomic mass is 10.00. The first-order valence-corrected chi connectivity index (χ1v) is 9.32. The molecule has 1 unspecified atom stereocenters. The Kier molecular flexibility index (Phi) is 5.49. The number of aromatic amines is 1. The normalized spacial score (nSPS) is 17.4. The molecule has 0 bridgehead atoms. The average molecular weight is 374 g/mol. The number of H-pyrrole nitrogens is 1. The highest BCUT2D eigenvalue weighted by molar-refractivity contribution is 6.31. The predicted molar refractivity (Wildman–Crippen MR) is 103 cm³/mol. The molecule has 0 spiro atoms. The Morgan fingerprint density at radius 3 is 2.69 bits per heavy atom. The first-order chi connectivity index (χ1) is 12.5. The molecule has 1 atom stereocenters. The molecule has 3 rings (SSSR count). The van der Waals surface area contributed by atoms with Gasteiger partial charge in [0.1, 0.15) is 5.69 Å². The van der Waals surface area contributed by atoms with Crippen molar-refractivity contribution in [1.29, 1.82) is 0 Å². The van der Waals surface area contributed by atoms with Crippen molar-refractivity contribution in [3.05, 3.63) is 57.4 Å². The quantitative estimate of drug-likeness (QED) is 0.806. The van der Waals surface area contributed by atoms with Gasteiger partial charge in [0.2, 0.25) is 0 Å². The molecule has 1 aromatic carbocycles. The topological polar surface area (TPSA) is 65.2 Å². The fourth-order valence-corrected chi connectivity index (χ4v) is 4.07. The molecule has 6 heteroatoms. The number of aromatic nitrogens is 1. The molecule has 1 fully saturated rings. The first-order valence-electron chi connectivity index (χ1n) is 8.94. The molecular formula is C20H24ClN3O2. The number of Topliss-reactive ketones (excluding diaryl/α,β-unsaturated/α-hetero) is 1. The summed E-state index contributed by atoms with van der Waals surface area (Å²) in [6, 6.07) is 7.48. The summed E-state index contributed by atoms with van der Waals surface area (Å²) in [7, 11) is 0. The van der Waals surface area contributed by atoms with Crippen LogP contribution in [0.25, 0.3) is 0 Å². The minimum Gasteiger partial charge on any atom is -0.354 e. The molecule has 1 aromatic heterocycles. The third-order valence-corrected chi connectivity index (χ3v) is 5.32. The number of piperazine rings is 1. The Labute approximate surface area is 158 Å². The van der Waals surface area contributed by atoms with Crippen LogP contribution in [0.2, 0.25) is 5.02 Å². The Balaban J connectivity index is 2.02. The van der Waals surface area contributed by atoms with Gasteiger partial charge in [0.15, 0.2) is 5.78 Å². The highest BCUT2D eigenvalue weighted by Gasteiger charge is 2.32. The SMILES string of the molecule is CCc1c(C(=O)N2CCNCC2c2ccccc2Cl)[nH]c(C)c1C(C)=O. The zero-order chi connectivity index (χ0) is 18.8. The fourth-order valence-electron chi connectivity index (χ4n) is 3.80. The number of benzene rings is 1. The largest absolute Gasteiger partial charge is 0.354 e. The van der Waals surface area contributed by atoms with Crippen molar-refractivity contribution in [3.8, 4) is 0 Å². The predicted octanol–water partition coefficient (Wildman–Crippen LogP) is 3.53. The number of hydrogen-bond donors (Lipinski definition) is 2. The van der Waals surface area contributed by atoms with Crippen molar-refractivity contribution in [2.24, 2.45) is 0 Å². The molecule has 1 aliphatic heterocycles. The van der Waals surface area contributed by atoms with E-state index in [1.54, 1.807) is 6.92 Å². The van der Waals surface area contributed by atoms with Gasteiger partial charge in [-0.3, -0.25) is 9.59 Å².